The maximum absolute atomic E-state index is 13.1. The Balaban J connectivity index is 1.35. The first-order valence-corrected chi connectivity index (χ1v) is 10.8. The van der Waals surface area contributed by atoms with Crippen LogP contribution in [0.5, 0.6) is 0 Å². The second kappa shape index (κ2) is 7.93. The van der Waals surface area contributed by atoms with E-state index in [1.54, 1.807) is 0 Å². The minimum atomic E-state index is -4.39. The molecule has 9 heteroatoms. The summed E-state index contributed by atoms with van der Waals surface area (Å²) < 4.78 is 49.3. The summed E-state index contributed by atoms with van der Waals surface area (Å²) in [5, 5.41) is 7.19. The first-order chi connectivity index (χ1) is 14.9. The smallest absolute Gasteiger partial charge is 0.381 e. The molecule has 2 bridgehead atoms. The van der Waals surface area contributed by atoms with E-state index >= 15 is 0 Å². The Kier molecular flexibility index (Phi) is 5.24. The fourth-order valence-corrected chi connectivity index (χ4v) is 5.46. The first kappa shape index (κ1) is 20.5. The largest absolute Gasteiger partial charge is 0.416 e. The minimum Gasteiger partial charge on any atom is -0.381 e. The molecule has 1 aromatic carbocycles. The highest BCUT2D eigenvalue weighted by Gasteiger charge is 2.53. The van der Waals surface area contributed by atoms with Gasteiger partial charge in [-0.05, 0) is 56.1 Å². The minimum absolute atomic E-state index is 0.0402. The molecule has 31 heavy (non-hydrogen) atoms. The summed E-state index contributed by atoms with van der Waals surface area (Å²) in [6, 6.07) is 4.83. The molecule has 3 fully saturated rings. The summed E-state index contributed by atoms with van der Waals surface area (Å²) in [6.07, 6.45) is 0.247. The molecule has 0 spiro atoms. The Morgan fingerprint density at radius 3 is 2.45 bits per heavy atom. The quantitative estimate of drug-likeness (QED) is 0.780. The van der Waals surface area contributed by atoms with E-state index in [9.17, 15) is 18.0 Å². The van der Waals surface area contributed by atoms with Crippen molar-refractivity contribution in [2.75, 3.05) is 13.2 Å². The van der Waals surface area contributed by atoms with Crippen LogP contribution < -0.4 is 5.32 Å². The molecule has 2 aromatic rings. The number of amides is 1. The van der Waals surface area contributed by atoms with E-state index in [2.05, 4.69) is 15.5 Å². The van der Waals surface area contributed by atoms with Gasteiger partial charge in [0.2, 0.25) is 17.6 Å². The van der Waals surface area contributed by atoms with E-state index in [-0.39, 0.29) is 29.6 Å². The molecular weight excluding hydrogens is 411 g/mol. The Morgan fingerprint density at radius 2 is 1.74 bits per heavy atom. The Bertz CT molecular complexity index is 937. The number of carbonyl (C=O) groups excluding carboxylic acids is 1. The van der Waals surface area contributed by atoms with Gasteiger partial charge in [0.15, 0.2) is 0 Å². The number of nitrogens with one attached hydrogen (secondary N) is 1. The van der Waals surface area contributed by atoms with Gasteiger partial charge < -0.3 is 14.6 Å². The molecule has 1 aromatic heterocycles. The zero-order chi connectivity index (χ0) is 21.6. The van der Waals surface area contributed by atoms with Gasteiger partial charge >= 0.3 is 6.18 Å². The van der Waals surface area contributed by atoms with Gasteiger partial charge in [0.1, 0.15) is 0 Å². The van der Waals surface area contributed by atoms with Crippen molar-refractivity contribution in [1.82, 2.24) is 15.5 Å². The van der Waals surface area contributed by atoms with Gasteiger partial charge in [0.25, 0.3) is 0 Å². The van der Waals surface area contributed by atoms with Crippen LogP contribution in [0.25, 0.3) is 11.4 Å². The first-order valence-electron chi connectivity index (χ1n) is 10.8. The number of halogens is 3. The fourth-order valence-electron chi connectivity index (χ4n) is 5.46. The van der Waals surface area contributed by atoms with Gasteiger partial charge in [-0.1, -0.05) is 17.3 Å². The van der Waals surface area contributed by atoms with Crippen molar-refractivity contribution in [3.8, 4) is 11.4 Å². The highest BCUT2D eigenvalue weighted by atomic mass is 19.4. The number of alkyl halides is 3. The van der Waals surface area contributed by atoms with Crippen LogP contribution in [0.1, 0.15) is 49.5 Å². The van der Waals surface area contributed by atoms with E-state index in [1.165, 1.54) is 12.1 Å². The number of aromatic nitrogens is 2. The second-order valence-electron chi connectivity index (χ2n) is 8.81. The monoisotopic (exact) mass is 435 g/mol. The molecule has 0 unspecified atom stereocenters. The van der Waals surface area contributed by atoms with Crippen LogP contribution in [0, 0.1) is 17.8 Å². The summed E-state index contributed by atoms with van der Waals surface area (Å²) in [6.45, 7) is 1.32. The molecule has 1 amide bonds. The lowest BCUT2D eigenvalue weighted by Crippen LogP contribution is -2.44. The number of rotatable bonds is 4. The summed E-state index contributed by atoms with van der Waals surface area (Å²) in [5.74, 6) is 0.965. The lowest BCUT2D eigenvalue weighted by molar-refractivity contribution is -0.137. The van der Waals surface area contributed by atoms with Gasteiger partial charge in [0.05, 0.1) is 17.4 Å². The third-order valence-electron chi connectivity index (χ3n) is 6.98. The van der Waals surface area contributed by atoms with Crippen LogP contribution in [-0.4, -0.2) is 35.3 Å². The van der Waals surface area contributed by atoms with Crippen LogP contribution in [0.15, 0.2) is 28.8 Å². The average Bonchev–Trinajstić information content (AvgIpc) is 3.49. The summed E-state index contributed by atoms with van der Waals surface area (Å²) >= 11 is 0. The number of benzene rings is 1. The van der Waals surface area contributed by atoms with Crippen LogP contribution in [0.2, 0.25) is 0 Å². The Morgan fingerprint density at radius 1 is 1.03 bits per heavy atom. The SMILES string of the molecule is O=C(NC1CCOCC1)[C@H]1[C@H]2CC[C@H](C2)[C@@H]1c1nc(-c2ccc(C(F)(F)F)cc2)no1. The van der Waals surface area contributed by atoms with E-state index in [0.29, 0.717) is 36.5 Å². The van der Waals surface area contributed by atoms with E-state index in [4.69, 9.17) is 9.26 Å². The van der Waals surface area contributed by atoms with Crippen LogP contribution in [0.4, 0.5) is 13.2 Å². The van der Waals surface area contributed by atoms with Crippen molar-refractivity contribution in [1.29, 1.82) is 0 Å². The topological polar surface area (TPSA) is 77.2 Å². The zero-order valence-electron chi connectivity index (χ0n) is 16.9. The van der Waals surface area contributed by atoms with Crippen molar-refractivity contribution in [3.05, 3.63) is 35.7 Å². The Labute approximate surface area is 177 Å². The highest BCUT2D eigenvalue weighted by Crippen LogP contribution is 2.56. The molecule has 1 aliphatic heterocycles. The number of carbonyl (C=O) groups is 1. The van der Waals surface area contributed by atoms with Crippen molar-refractivity contribution in [2.45, 2.75) is 50.2 Å². The summed E-state index contributed by atoms with van der Waals surface area (Å²) in [4.78, 5) is 17.6. The zero-order valence-corrected chi connectivity index (χ0v) is 16.9. The molecule has 2 aliphatic carbocycles. The maximum atomic E-state index is 13.1. The normalized spacial score (nSPS) is 28.7. The van der Waals surface area contributed by atoms with Gasteiger partial charge in [-0.25, -0.2) is 0 Å². The average molecular weight is 435 g/mol. The van der Waals surface area contributed by atoms with Gasteiger partial charge in [0, 0.05) is 24.8 Å². The van der Waals surface area contributed by atoms with E-state index < -0.39 is 11.7 Å². The molecule has 1 saturated heterocycles. The number of hydrogen-bond donors (Lipinski definition) is 1. The third kappa shape index (κ3) is 3.95. The molecule has 1 N–H and O–H groups in total. The molecule has 4 atom stereocenters. The van der Waals surface area contributed by atoms with Crippen LogP contribution >= 0.6 is 0 Å². The molecule has 166 valence electrons. The molecule has 2 heterocycles. The molecule has 2 saturated carbocycles. The molecule has 6 nitrogen and oxygen atoms in total. The standard InChI is InChI=1S/C22H24F3N3O3/c23-22(24,25)15-5-3-12(4-6-15)19-27-21(31-28-19)18-14-2-1-13(11-14)17(18)20(29)26-16-7-9-30-10-8-16/h3-6,13-14,16-18H,1-2,7-11H2,(H,26,29)/t13-,14+,17-,18-/m0/s1. The Hall–Kier alpha value is -2.42. The summed E-state index contributed by atoms with van der Waals surface area (Å²) in [5.41, 5.74) is -0.271. The predicted molar refractivity (Wildman–Crippen MR) is 104 cm³/mol. The van der Waals surface area contributed by atoms with Crippen LogP contribution in [-0.2, 0) is 15.7 Å². The lowest BCUT2D eigenvalue weighted by Gasteiger charge is -2.30. The van der Waals surface area contributed by atoms with Crippen molar-refractivity contribution in [2.24, 2.45) is 17.8 Å². The maximum Gasteiger partial charge on any atom is 0.416 e. The number of fused-ring (bicyclic) bond motifs is 2. The van der Waals surface area contributed by atoms with E-state index in [1.807, 2.05) is 0 Å². The van der Waals surface area contributed by atoms with Crippen molar-refractivity contribution < 1.29 is 27.2 Å². The second-order valence-corrected chi connectivity index (χ2v) is 8.81. The number of hydrogen-bond acceptors (Lipinski definition) is 5. The number of ether oxygens (including phenoxy) is 1. The lowest BCUT2D eigenvalue weighted by atomic mass is 9.78. The third-order valence-corrected chi connectivity index (χ3v) is 6.98. The van der Waals surface area contributed by atoms with E-state index in [0.717, 1.165) is 44.2 Å². The highest BCUT2D eigenvalue weighted by molar-refractivity contribution is 5.81. The van der Waals surface area contributed by atoms with Gasteiger partial charge in [-0.3, -0.25) is 4.79 Å². The van der Waals surface area contributed by atoms with Crippen molar-refractivity contribution in [3.63, 3.8) is 0 Å². The van der Waals surface area contributed by atoms with Gasteiger partial charge in [-0.15, -0.1) is 0 Å². The molecular formula is C22H24F3N3O3. The fraction of sp³-hybridized carbons (Fsp3) is 0.591. The number of nitrogens with zero attached hydrogens (tertiary/aromatic N) is 2. The predicted octanol–water partition coefficient (Wildman–Crippen LogP) is 4.18. The molecule has 3 aliphatic rings. The summed E-state index contributed by atoms with van der Waals surface area (Å²) in [7, 11) is 0. The van der Waals surface area contributed by atoms with Gasteiger partial charge in [-0.2, -0.15) is 18.2 Å². The molecule has 5 rings (SSSR count). The van der Waals surface area contributed by atoms with Crippen molar-refractivity contribution >= 4 is 5.91 Å². The van der Waals surface area contributed by atoms with Crippen LogP contribution in [0.3, 0.4) is 0 Å². The molecule has 0 radical (unpaired) electrons.